The predicted molar refractivity (Wildman–Crippen MR) is 136 cm³/mol. The van der Waals surface area contributed by atoms with Gasteiger partial charge in [-0.05, 0) is 49.2 Å². The fourth-order valence-electron chi connectivity index (χ4n) is 4.68. The number of nitrogens with one attached hydrogen (secondary N) is 1. The first-order valence-corrected chi connectivity index (χ1v) is 12.6. The fourth-order valence-corrected chi connectivity index (χ4v) is 4.68. The van der Waals surface area contributed by atoms with E-state index in [1.165, 1.54) is 25.1 Å². The molecule has 3 aromatic heterocycles. The van der Waals surface area contributed by atoms with Gasteiger partial charge in [-0.15, -0.1) is 0 Å². The highest BCUT2D eigenvalue weighted by atomic mass is 19.4. The summed E-state index contributed by atoms with van der Waals surface area (Å²) in [5.74, 6) is -1.25. The number of hydrogen-bond donors (Lipinski definition) is 1. The number of pyridine rings is 2. The second-order valence-corrected chi connectivity index (χ2v) is 9.46. The molecule has 7 nitrogen and oxygen atoms in total. The molecule has 0 bridgehead atoms. The Bertz CT molecular complexity index is 1610. The number of carbonyl (C=O) groups excluding carboxylic acids is 1. The van der Waals surface area contributed by atoms with E-state index in [1.807, 2.05) is 19.1 Å². The van der Waals surface area contributed by atoms with Crippen LogP contribution in [0, 0.1) is 6.92 Å². The summed E-state index contributed by atoms with van der Waals surface area (Å²) in [6.07, 6.45) is -8.32. The second kappa shape index (κ2) is 10.6. The Kier molecular flexibility index (Phi) is 7.32. The van der Waals surface area contributed by atoms with E-state index in [2.05, 4.69) is 20.4 Å². The van der Waals surface area contributed by atoms with E-state index in [4.69, 9.17) is 4.74 Å². The molecule has 0 saturated carbocycles. The first-order valence-electron chi connectivity index (χ1n) is 12.6. The Morgan fingerprint density at radius 3 is 2.41 bits per heavy atom. The second-order valence-electron chi connectivity index (χ2n) is 9.46. The van der Waals surface area contributed by atoms with Gasteiger partial charge in [0.25, 0.3) is 0 Å². The van der Waals surface area contributed by atoms with Crippen LogP contribution in [0.15, 0.2) is 54.9 Å². The standard InChI is InChI=1S/C28H23F6N5O2/c1-3-41-26(40)21-14-37-39(25(21)28(32,33)34)23-6-4-5-22(38-23)20-10-18(27(29,30)31)13-36-24(20)16-7-8-19(15(2)9-16)17-11-35-12-17/h4-10,13-14,17,35H,3,11-12H2,1-2H3. The molecule has 1 aromatic carbocycles. The van der Waals surface area contributed by atoms with Crippen molar-refractivity contribution in [2.45, 2.75) is 32.1 Å². The first-order chi connectivity index (χ1) is 19.4. The maximum Gasteiger partial charge on any atom is 0.434 e. The largest absolute Gasteiger partial charge is 0.462 e. The average molecular weight is 576 g/mol. The number of aryl methyl sites for hydroxylation is 1. The summed E-state index contributed by atoms with van der Waals surface area (Å²) in [4.78, 5) is 20.5. The molecule has 0 atom stereocenters. The van der Waals surface area contributed by atoms with Crippen LogP contribution in [-0.2, 0) is 17.1 Å². The van der Waals surface area contributed by atoms with Crippen LogP contribution in [0.2, 0.25) is 0 Å². The summed E-state index contributed by atoms with van der Waals surface area (Å²) in [5, 5.41) is 6.91. The van der Waals surface area contributed by atoms with Crippen molar-refractivity contribution in [2.75, 3.05) is 19.7 Å². The summed E-state index contributed by atoms with van der Waals surface area (Å²) >= 11 is 0. The summed E-state index contributed by atoms with van der Waals surface area (Å²) in [7, 11) is 0. The maximum atomic E-state index is 14.0. The number of benzene rings is 1. The molecule has 0 amide bonds. The number of alkyl halides is 6. The maximum absolute atomic E-state index is 14.0. The molecule has 41 heavy (non-hydrogen) atoms. The zero-order valence-electron chi connectivity index (χ0n) is 21.8. The molecule has 0 aliphatic carbocycles. The molecule has 1 aliphatic rings. The summed E-state index contributed by atoms with van der Waals surface area (Å²) in [5.41, 5.74) is -0.644. The molecule has 0 radical (unpaired) electrons. The third-order valence-electron chi connectivity index (χ3n) is 6.74. The van der Waals surface area contributed by atoms with Crippen LogP contribution in [0.25, 0.3) is 28.3 Å². The molecule has 13 heteroatoms. The number of aromatic nitrogens is 4. The molecule has 4 aromatic rings. The number of halogens is 6. The fraction of sp³-hybridized carbons (Fsp3) is 0.286. The van der Waals surface area contributed by atoms with Crippen molar-refractivity contribution in [3.8, 4) is 28.3 Å². The van der Waals surface area contributed by atoms with Crippen LogP contribution in [0.5, 0.6) is 0 Å². The molecule has 1 fully saturated rings. The number of ether oxygens (including phenoxy) is 1. The monoisotopic (exact) mass is 575 g/mol. The normalized spacial score (nSPS) is 14.1. The number of nitrogens with zero attached hydrogens (tertiary/aromatic N) is 4. The van der Waals surface area contributed by atoms with Crippen molar-refractivity contribution in [2.24, 2.45) is 0 Å². The van der Waals surface area contributed by atoms with E-state index in [-0.39, 0.29) is 29.4 Å². The van der Waals surface area contributed by atoms with Crippen LogP contribution in [-0.4, -0.2) is 45.4 Å². The first kappa shape index (κ1) is 28.3. The van der Waals surface area contributed by atoms with Crippen LogP contribution in [0.3, 0.4) is 0 Å². The average Bonchev–Trinajstić information content (AvgIpc) is 3.35. The third-order valence-corrected chi connectivity index (χ3v) is 6.74. The van der Waals surface area contributed by atoms with Crippen LogP contribution < -0.4 is 5.32 Å². The molecule has 5 rings (SSSR count). The quantitative estimate of drug-likeness (QED) is 0.218. The third kappa shape index (κ3) is 5.53. The number of carbonyl (C=O) groups is 1. The van der Waals surface area contributed by atoms with Crippen molar-refractivity contribution >= 4 is 5.97 Å². The molecule has 214 valence electrons. The molecule has 1 saturated heterocycles. The van der Waals surface area contributed by atoms with Gasteiger partial charge in [0, 0.05) is 36.3 Å². The Labute approximate surface area is 230 Å². The zero-order chi connectivity index (χ0) is 29.5. The van der Waals surface area contributed by atoms with Gasteiger partial charge in [0.1, 0.15) is 5.56 Å². The van der Waals surface area contributed by atoms with Crippen molar-refractivity contribution in [1.29, 1.82) is 0 Å². The van der Waals surface area contributed by atoms with Crippen molar-refractivity contribution in [3.63, 3.8) is 0 Å². The van der Waals surface area contributed by atoms with Crippen molar-refractivity contribution < 1.29 is 35.9 Å². The van der Waals surface area contributed by atoms with E-state index < -0.39 is 35.1 Å². The highest BCUT2D eigenvalue weighted by molar-refractivity contribution is 5.90. The van der Waals surface area contributed by atoms with Crippen LogP contribution >= 0.6 is 0 Å². The van der Waals surface area contributed by atoms with Gasteiger partial charge in [0.2, 0.25) is 0 Å². The molecule has 4 heterocycles. The molecule has 0 spiro atoms. The minimum atomic E-state index is -5.02. The van der Waals surface area contributed by atoms with E-state index in [1.54, 1.807) is 6.07 Å². The molecule has 1 N–H and O–H groups in total. The number of rotatable bonds is 6. The predicted octanol–water partition coefficient (Wildman–Crippen LogP) is 6.21. The van der Waals surface area contributed by atoms with Gasteiger partial charge in [0.15, 0.2) is 11.5 Å². The minimum absolute atomic E-state index is 0.0366. The summed E-state index contributed by atoms with van der Waals surface area (Å²) in [6, 6.07) is 10.2. The number of hydrogen-bond acceptors (Lipinski definition) is 6. The topological polar surface area (TPSA) is 81.9 Å². The van der Waals surface area contributed by atoms with Crippen LogP contribution in [0.4, 0.5) is 26.3 Å². The summed E-state index contributed by atoms with van der Waals surface area (Å²) < 4.78 is 88.3. The van der Waals surface area contributed by atoms with E-state index in [0.29, 0.717) is 28.6 Å². The van der Waals surface area contributed by atoms with Crippen molar-refractivity contribution in [1.82, 2.24) is 25.1 Å². The van der Waals surface area contributed by atoms with E-state index in [0.717, 1.165) is 30.3 Å². The van der Waals surface area contributed by atoms with Gasteiger partial charge < -0.3 is 10.1 Å². The van der Waals surface area contributed by atoms with Gasteiger partial charge in [-0.3, -0.25) is 4.98 Å². The minimum Gasteiger partial charge on any atom is -0.462 e. The molecular weight excluding hydrogens is 552 g/mol. The summed E-state index contributed by atoms with van der Waals surface area (Å²) in [6.45, 7) is 4.84. The van der Waals surface area contributed by atoms with Gasteiger partial charge >= 0.3 is 18.3 Å². The highest BCUT2D eigenvalue weighted by Gasteiger charge is 2.41. The molecule has 0 unspecified atom stereocenters. The highest BCUT2D eigenvalue weighted by Crippen LogP contribution is 2.38. The van der Waals surface area contributed by atoms with Crippen LogP contribution in [0.1, 0.15) is 45.6 Å². The lowest BCUT2D eigenvalue weighted by Crippen LogP contribution is -2.40. The zero-order valence-corrected chi connectivity index (χ0v) is 21.8. The van der Waals surface area contributed by atoms with E-state index >= 15 is 0 Å². The smallest absolute Gasteiger partial charge is 0.434 e. The molecular formula is C28H23F6N5O2. The Morgan fingerprint density at radius 1 is 1.05 bits per heavy atom. The molecule has 1 aliphatic heterocycles. The Morgan fingerprint density at radius 2 is 1.80 bits per heavy atom. The van der Waals surface area contributed by atoms with Gasteiger partial charge in [-0.2, -0.15) is 31.4 Å². The number of esters is 1. The Hall–Kier alpha value is -4.26. The SMILES string of the molecule is CCOC(=O)c1cnn(-c2cccc(-c3cc(C(F)(F)F)cnc3-c3ccc(C4CNC4)c(C)c3)n2)c1C(F)(F)F. The van der Waals surface area contributed by atoms with E-state index in [9.17, 15) is 31.1 Å². The van der Waals surface area contributed by atoms with Gasteiger partial charge in [0.05, 0.1) is 29.8 Å². The lowest BCUT2D eigenvalue weighted by Gasteiger charge is -2.29. The van der Waals surface area contributed by atoms with Gasteiger partial charge in [-0.1, -0.05) is 18.2 Å². The lowest BCUT2D eigenvalue weighted by molar-refractivity contribution is -0.143. The lowest BCUT2D eigenvalue weighted by atomic mass is 9.88. The van der Waals surface area contributed by atoms with Gasteiger partial charge in [-0.25, -0.2) is 14.5 Å². The Balaban J connectivity index is 1.65. The van der Waals surface area contributed by atoms with Crippen molar-refractivity contribution in [3.05, 3.63) is 82.8 Å².